The van der Waals surface area contributed by atoms with Crippen LogP contribution in [0.3, 0.4) is 0 Å². The highest BCUT2D eigenvalue weighted by atomic mass is 32.2. The number of hydrogen-bond donors (Lipinski definition) is 2. The van der Waals surface area contributed by atoms with Crippen molar-refractivity contribution in [2.24, 2.45) is 5.84 Å². The number of benzene rings is 2. The second kappa shape index (κ2) is 8.46. The van der Waals surface area contributed by atoms with Crippen LogP contribution in [0.25, 0.3) is 0 Å². The molecule has 0 radical (unpaired) electrons. The first-order chi connectivity index (χ1) is 12.9. The van der Waals surface area contributed by atoms with Crippen molar-refractivity contribution in [3.05, 3.63) is 70.8 Å². The fourth-order valence-electron chi connectivity index (χ4n) is 3.35. The molecule has 0 saturated carbocycles. The molecule has 1 heterocycles. The second-order valence-corrected chi connectivity index (χ2v) is 9.45. The molecule has 1 saturated heterocycles. The van der Waals surface area contributed by atoms with E-state index in [0.29, 0.717) is 10.8 Å². The van der Waals surface area contributed by atoms with E-state index in [-0.39, 0.29) is 11.3 Å². The van der Waals surface area contributed by atoms with Gasteiger partial charge in [-0.3, -0.25) is 15.1 Å². The predicted molar refractivity (Wildman–Crippen MR) is 114 cm³/mol. The normalized spacial score (nSPS) is 18.3. The van der Waals surface area contributed by atoms with Gasteiger partial charge in [0.05, 0.1) is 0 Å². The maximum atomic E-state index is 11.6. The average Bonchev–Trinajstić information content (AvgIpc) is 2.67. The summed E-state index contributed by atoms with van der Waals surface area (Å²) in [5.41, 5.74) is 6.96. The van der Waals surface area contributed by atoms with Crippen LogP contribution in [-0.4, -0.2) is 29.6 Å². The molecule has 144 valence electrons. The zero-order valence-corrected chi connectivity index (χ0v) is 17.2. The SMILES string of the molecule is CC(C)(C)c1ccc(C2CN(Cc3ccc(C(=O)NN)cc3)CCS2)cc1. The first-order valence-electron chi connectivity index (χ1n) is 9.41. The Balaban J connectivity index is 1.63. The lowest BCUT2D eigenvalue weighted by Gasteiger charge is -2.33. The van der Waals surface area contributed by atoms with Gasteiger partial charge in [-0.15, -0.1) is 0 Å². The molecule has 0 bridgehead atoms. The van der Waals surface area contributed by atoms with E-state index in [0.717, 1.165) is 25.4 Å². The van der Waals surface area contributed by atoms with Gasteiger partial charge in [-0.05, 0) is 34.2 Å². The molecule has 0 aromatic heterocycles. The quantitative estimate of drug-likeness (QED) is 0.478. The van der Waals surface area contributed by atoms with Gasteiger partial charge in [0.2, 0.25) is 0 Å². The molecular weight excluding hydrogens is 354 g/mol. The minimum Gasteiger partial charge on any atom is -0.297 e. The summed E-state index contributed by atoms with van der Waals surface area (Å²) in [4.78, 5) is 14.0. The van der Waals surface area contributed by atoms with E-state index in [1.807, 2.05) is 36.0 Å². The molecule has 1 unspecified atom stereocenters. The maximum absolute atomic E-state index is 11.6. The molecule has 4 nitrogen and oxygen atoms in total. The molecule has 27 heavy (non-hydrogen) atoms. The number of nitrogens with two attached hydrogens (primary N) is 1. The van der Waals surface area contributed by atoms with E-state index in [1.54, 1.807) is 0 Å². The highest BCUT2D eigenvalue weighted by molar-refractivity contribution is 7.99. The molecule has 5 heteroatoms. The van der Waals surface area contributed by atoms with E-state index in [2.05, 4.69) is 55.4 Å². The van der Waals surface area contributed by atoms with Gasteiger partial charge >= 0.3 is 0 Å². The Morgan fingerprint density at radius 3 is 2.41 bits per heavy atom. The van der Waals surface area contributed by atoms with Crippen LogP contribution in [0.5, 0.6) is 0 Å². The van der Waals surface area contributed by atoms with E-state index in [4.69, 9.17) is 5.84 Å². The first-order valence-corrected chi connectivity index (χ1v) is 10.5. The van der Waals surface area contributed by atoms with E-state index >= 15 is 0 Å². The number of hydrazine groups is 1. The average molecular weight is 384 g/mol. The Morgan fingerprint density at radius 2 is 1.81 bits per heavy atom. The summed E-state index contributed by atoms with van der Waals surface area (Å²) in [5, 5.41) is 0.509. The highest BCUT2D eigenvalue weighted by Gasteiger charge is 2.22. The summed E-state index contributed by atoms with van der Waals surface area (Å²) in [5.74, 6) is 6.07. The number of rotatable bonds is 4. The number of nitrogen functional groups attached to an aromatic ring is 1. The number of nitrogens with zero attached hydrogens (tertiary/aromatic N) is 1. The topological polar surface area (TPSA) is 58.4 Å². The van der Waals surface area contributed by atoms with Crippen molar-refractivity contribution >= 4 is 17.7 Å². The van der Waals surface area contributed by atoms with Crippen LogP contribution in [0.2, 0.25) is 0 Å². The van der Waals surface area contributed by atoms with Gasteiger partial charge in [-0.25, -0.2) is 5.84 Å². The van der Waals surface area contributed by atoms with Crippen molar-refractivity contribution in [3.63, 3.8) is 0 Å². The summed E-state index contributed by atoms with van der Waals surface area (Å²) in [7, 11) is 0. The number of hydrogen-bond acceptors (Lipinski definition) is 4. The van der Waals surface area contributed by atoms with Gasteiger partial charge in [-0.2, -0.15) is 11.8 Å². The second-order valence-electron chi connectivity index (χ2n) is 8.14. The van der Waals surface area contributed by atoms with Gasteiger partial charge in [0.1, 0.15) is 0 Å². The largest absolute Gasteiger partial charge is 0.297 e. The van der Waals surface area contributed by atoms with Crippen molar-refractivity contribution in [3.8, 4) is 0 Å². The predicted octanol–water partition coefficient (Wildman–Crippen LogP) is 3.88. The summed E-state index contributed by atoms with van der Waals surface area (Å²) < 4.78 is 0. The molecule has 2 aromatic rings. The summed E-state index contributed by atoms with van der Waals surface area (Å²) in [6.07, 6.45) is 0. The third-order valence-corrected chi connectivity index (χ3v) is 6.29. The Morgan fingerprint density at radius 1 is 1.15 bits per heavy atom. The zero-order valence-electron chi connectivity index (χ0n) is 16.4. The minimum atomic E-state index is -0.255. The van der Waals surface area contributed by atoms with Crippen LogP contribution in [0.1, 0.15) is 53.1 Å². The minimum absolute atomic E-state index is 0.192. The number of carbonyl (C=O) groups is 1. The first kappa shape index (κ1) is 19.9. The molecule has 1 amide bonds. The number of amides is 1. The number of nitrogens with one attached hydrogen (secondary N) is 1. The molecule has 0 spiro atoms. The van der Waals surface area contributed by atoms with E-state index < -0.39 is 0 Å². The highest BCUT2D eigenvalue weighted by Crippen LogP contribution is 2.34. The van der Waals surface area contributed by atoms with E-state index in [1.165, 1.54) is 16.7 Å². The van der Waals surface area contributed by atoms with Crippen molar-refractivity contribution in [2.45, 2.75) is 38.0 Å². The Bertz CT molecular complexity index is 766. The summed E-state index contributed by atoms with van der Waals surface area (Å²) in [6.45, 7) is 9.79. The molecule has 2 aromatic carbocycles. The Kier molecular flexibility index (Phi) is 6.25. The standard InChI is InChI=1S/C22H29N3OS/c1-22(2,3)19-10-8-17(9-11-19)20-15-25(12-13-27-20)14-16-4-6-18(7-5-16)21(26)24-23/h4-11,20H,12-15,23H2,1-3H3,(H,24,26). The van der Waals surface area contributed by atoms with Crippen molar-refractivity contribution < 1.29 is 4.79 Å². The molecule has 3 rings (SSSR count). The van der Waals surface area contributed by atoms with Crippen LogP contribution >= 0.6 is 11.8 Å². The fraction of sp³-hybridized carbons (Fsp3) is 0.409. The van der Waals surface area contributed by atoms with Crippen molar-refractivity contribution in [1.82, 2.24) is 10.3 Å². The zero-order chi connectivity index (χ0) is 19.4. The Labute approximate surface area is 166 Å². The fourth-order valence-corrected chi connectivity index (χ4v) is 4.66. The van der Waals surface area contributed by atoms with Gasteiger partial charge < -0.3 is 0 Å². The summed E-state index contributed by atoms with van der Waals surface area (Å²) in [6, 6.07) is 16.8. The molecule has 1 fully saturated rings. The van der Waals surface area contributed by atoms with Crippen molar-refractivity contribution in [1.29, 1.82) is 0 Å². The van der Waals surface area contributed by atoms with E-state index in [9.17, 15) is 4.79 Å². The maximum Gasteiger partial charge on any atom is 0.265 e. The number of carbonyl (C=O) groups excluding carboxylic acids is 1. The van der Waals surface area contributed by atoms with Crippen LogP contribution in [0.15, 0.2) is 48.5 Å². The van der Waals surface area contributed by atoms with Gasteiger partial charge in [0.25, 0.3) is 5.91 Å². The lowest BCUT2D eigenvalue weighted by Crippen LogP contribution is -2.34. The van der Waals surface area contributed by atoms with Gasteiger partial charge in [0, 0.05) is 36.2 Å². The summed E-state index contributed by atoms with van der Waals surface area (Å²) >= 11 is 2.04. The van der Waals surface area contributed by atoms with Crippen LogP contribution in [0, 0.1) is 0 Å². The Hall–Kier alpha value is -1.82. The molecule has 1 atom stereocenters. The monoisotopic (exact) mass is 383 g/mol. The molecule has 0 aliphatic carbocycles. The lowest BCUT2D eigenvalue weighted by atomic mass is 9.86. The third kappa shape index (κ3) is 5.12. The molecule has 1 aliphatic heterocycles. The van der Waals surface area contributed by atoms with Crippen molar-refractivity contribution in [2.75, 3.05) is 18.8 Å². The van der Waals surface area contributed by atoms with Crippen LogP contribution < -0.4 is 11.3 Å². The van der Waals surface area contributed by atoms with Crippen LogP contribution in [0.4, 0.5) is 0 Å². The van der Waals surface area contributed by atoms with Gasteiger partial charge in [-0.1, -0.05) is 57.2 Å². The van der Waals surface area contributed by atoms with Gasteiger partial charge in [0.15, 0.2) is 0 Å². The number of thioether (sulfide) groups is 1. The molecule has 3 N–H and O–H groups in total. The molecular formula is C22H29N3OS. The smallest absolute Gasteiger partial charge is 0.265 e. The molecule has 1 aliphatic rings. The lowest BCUT2D eigenvalue weighted by molar-refractivity contribution is 0.0953. The van der Waals surface area contributed by atoms with Crippen LogP contribution in [-0.2, 0) is 12.0 Å². The third-order valence-electron chi connectivity index (χ3n) is 5.05.